The first kappa shape index (κ1) is 14.3. The van der Waals surface area contributed by atoms with E-state index in [9.17, 15) is 19.5 Å². The van der Waals surface area contributed by atoms with Gasteiger partial charge in [-0.15, -0.1) is 0 Å². The smallest absolute Gasteiger partial charge is 0.337 e. The molecule has 6 nitrogen and oxygen atoms in total. The van der Waals surface area contributed by atoms with Gasteiger partial charge in [-0.3, -0.25) is 14.9 Å². The SMILES string of the molecule is CCC1C(=O)NC(=O)CN1c1ccc(Cl)cc1C(=O)O. The van der Waals surface area contributed by atoms with Crippen LogP contribution >= 0.6 is 11.6 Å². The summed E-state index contributed by atoms with van der Waals surface area (Å²) in [6.45, 7) is 1.73. The first-order chi connectivity index (χ1) is 9.43. The zero-order valence-corrected chi connectivity index (χ0v) is 11.5. The number of carbonyl (C=O) groups excluding carboxylic acids is 2. The number of carboxylic acid groups (broad SMARTS) is 1. The van der Waals surface area contributed by atoms with E-state index < -0.39 is 23.8 Å². The Hall–Kier alpha value is -2.08. The fraction of sp³-hybridized carbons (Fsp3) is 0.308. The van der Waals surface area contributed by atoms with Gasteiger partial charge in [0.2, 0.25) is 11.8 Å². The van der Waals surface area contributed by atoms with Gasteiger partial charge in [0, 0.05) is 5.02 Å². The molecule has 1 aromatic carbocycles. The Morgan fingerprint density at radius 3 is 2.80 bits per heavy atom. The predicted octanol–water partition coefficient (Wildman–Crippen LogP) is 1.28. The van der Waals surface area contributed by atoms with E-state index in [1.807, 2.05) is 0 Å². The van der Waals surface area contributed by atoms with Gasteiger partial charge in [0.25, 0.3) is 0 Å². The summed E-state index contributed by atoms with van der Waals surface area (Å²) in [7, 11) is 0. The number of carbonyl (C=O) groups is 3. The molecule has 2 N–H and O–H groups in total. The van der Waals surface area contributed by atoms with Gasteiger partial charge in [-0.2, -0.15) is 0 Å². The lowest BCUT2D eigenvalue weighted by molar-refractivity contribution is -0.132. The molecule has 0 saturated carbocycles. The molecule has 1 atom stereocenters. The van der Waals surface area contributed by atoms with Crippen LogP contribution in [-0.4, -0.2) is 35.5 Å². The molecule has 1 unspecified atom stereocenters. The van der Waals surface area contributed by atoms with Gasteiger partial charge in [0.05, 0.1) is 17.8 Å². The molecule has 1 fully saturated rings. The first-order valence-electron chi connectivity index (χ1n) is 6.07. The van der Waals surface area contributed by atoms with E-state index >= 15 is 0 Å². The minimum Gasteiger partial charge on any atom is -0.478 e. The molecule has 0 spiro atoms. The normalized spacial score (nSPS) is 18.9. The number of hydrogen-bond acceptors (Lipinski definition) is 4. The molecule has 1 saturated heterocycles. The third-order valence-electron chi connectivity index (χ3n) is 3.14. The number of nitrogens with one attached hydrogen (secondary N) is 1. The second-order valence-electron chi connectivity index (χ2n) is 4.43. The summed E-state index contributed by atoms with van der Waals surface area (Å²) in [5.74, 6) is -2.03. The van der Waals surface area contributed by atoms with Crippen molar-refractivity contribution in [3.8, 4) is 0 Å². The highest BCUT2D eigenvalue weighted by Crippen LogP contribution is 2.28. The van der Waals surface area contributed by atoms with Crippen molar-refractivity contribution in [1.82, 2.24) is 5.32 Å². The molecule has 1 heterocycles. The van der Waals surface area contributed by atoms with Crippen LogP contribution in [-0.2, 0) is 9.59 Å². The van der Waals surface area contributed by atoms with Gasteiger partial charge in [0.1, 0.15) is 6.04 Å². The number of rotatable bonds is 3. The average Bonchev–Trinajstić information content (AvgIpc) is 2.37. The summed E-state index contributed by atoms with van der Waals surface area (Å²) in [6.07, 6.45) is 0.459. The number of nitrogens with zero attached hydrogens (tertiary/aromatic N) is 1. The topological polar surface area (TPSA) is 86.7 Å². The second-order valence-corrected chi connectivity index (χ2v) is 4.87. The average molecular weight is 297 g/mol. The summed E-state index contributed by atoms with van der Waals surface area (Å²) >= 11 is 5.80. The molecule has 1 aliphatic heterocycles. The number of amides is 2. The summed E-state index contributed by atoms with van der Waals surface area (Å²) in [5, 5.41) is 11.8. The number of halogens is 1. The Balaban J connectivity index is 2.50. The van der Waals surface area contributed by atoms with Crippen molar-refractivity contribution < 1.29 is 19.5 Å². The molecule has 1 aliphatic rings. The molecule has 2 amide bonds. The summed E-state index contributed by atoms with van der Waals surface area (Å²) < 4.78 is 0. The molecule has 1 aromatic rings. The third kappa shape index (κ3) is 2.60. The third-order valence-corrected chi connectivity index (χ3v) is 3.38. The minimum absolute atomic E-state index is 0.0292. The Bertz CT molecular complexity index is 588. The van der Waals surface area contributed by atoms with Crippen LogP contribution < -0.4 is 10.2 Å². The number of piperazine rings is 1. The quantitative estimate of drug-likeness (QED) is 0.821. The maximum absolute atomic E-state index is 11.8. The Morgan fingerprint density at radius 2 is 2.20 bits per heavy atom. The van der Waals surface area contributed by atoms with E-state index in [2.05, 4.69) is 5.32 Å². The highest BCUT2D eigenvalue weighted by Gasteiger charge is 2.34. The van der Waals surface area contributed by atoms with Crippen LogP contribution in [0, 0.1) is 0 Å². The largest absolute Gasteiger partial charge is 0.478 e. The van der Waals surface area contributed by atoms with E-state index in [1.165, 1.54) is 23.1 Å². The summed E-state index contributed by atoms with van der Waals surface area (Å²) in [5.41, 5.74) is 0.287. The Kier molecular flexibility index (Phi) is 3.94. The predicted molar refractivity (Wildman–Crippen MR) is 73.0 cm³/mol. The zero-order chi connectivity index (χ0) is 14.9. The molecular formula is C13H13ClN2O4. The van der Waals surface area contributed by atoms with Gasteiger partial charge in [-0.1, -0.05) is 18.5 Å². The zero-order valence-electron chi connectivity index (χ0n) is 10.7. The van der Waals surface area contributed by atoms with Crippen LogP contribution in [0.2, 0.25) is 5.02 Å². The Morgan fingerprint density at radius 1 is 1.50 bits per heavy atom. The summed E-state index contributed by atoms with van der Waals surface area (Å²) in [6, 6.07) is 3.78. The standard InChI is InChI=1S/C13H13ClN2O4/c1-2-9-12(18)15-11(17)6-16(9)10-4-3-7(14)5-8(10)13(19)20/h3-5,9H,2,6H2,1H3,(H,19,20)(H,15,17,18). The number of benzene rings is 1. The van der Waals surface area contributed by atoms with Crippen molar-refractivity contribution in [2.75, 3.05) is 11.4 Å². The van der Waals surface area contributed by atoms with E-state index in [0.717, 1.165) is 0 Å². The van der Waals surface area contributed by atoms with Crippen LogP contribution in [0.1, 0.15) is 23.7 Å². The van der Waals surface area contributed by atoms with Gasteiger partial charge < -0.3 is 10.0 Å². The highest BCUT2D eigenvalue weighted by atomic mass is 35.5. The number of aromatic carboxylic acids is 1. The number of carboxylic acids is 1. The van der Waals surface area contributed by atoms with Crippen molar-refractivity contribution >= 4 is 35.1 Å². The van der Waals surface area contributed by atoms with E-state index in [0.29, 0.717) is 12.1 Å². The molecular weight excluding hydrogens is 284 g/mol. The van der Waals surface area contributed by atoms with Crippen LogP contribution in [0.25, 0.3) is 0 Å². The molecule has 0 bridgehead atoms. The molecule has 0 aliphatic carbocycles. The number of anilines is 1. The molecule has 0 aromatic heterocycles. The summed E-state index contributed by atoms with van der Waals surface area (Å²) in [4.78, 5) is 36.1. The van der Waals surface area contributed by atoms with Crippen molar-refractivity contribution in [2.24, 2.45) is 0 Å². The Labute approximate surface area is 120 Å². The van der Waals surface area contributed by atoms with Crippen molar-refractivity contribution in [1.29, 1.82) is 0 Å². The van der Waals surface area contributed by atoms with Crippen molar-refractivity contribution in [3.05, 3.63) is 28.8 Å². The van der Waals surface area contributed by atoms with E-state index in [-0.39, 0.29) is 17.1 Å². The van der Waals surface area contributed by atoms with Crippen molar-refractivity contribution in [2.45, 2.75) is 19.4 Å². The van der Waals surface area contributed by atoms with Crippen LogP contribution in [0.3, 0.4) is 0 Å². The minimum atomic E-state index is -1.16. The lowest BCUT2D eigenvalue weighted by Gasteiger charge is -2.35. The van der Waals surface area contributed by atoms with Gasteiger partial charge in [0.15, 0.2) is 0 Å². The molecule has 106 valence electrons. The fourth-order valence-corrected chi connectivity index (χ4v) is 2.43. The van der Waals surface area contributed by atoms with Crippen LogP contribution in [0.5, 0.6) is 0 Å². The van der Waals surface area contributed by atoms with Crippen LogP contribution in [0.4, 0.5) is 5.69 Å². The molecule has 0 radical (unpaired) electrons. The van der Waals surface area contributed by atoms with E-state index in [1.54, 1.807) is 6.92 Å². The lowest BCUT2D eigenvalue weighted by atomic mass is 10.1. The maximum Gasteiger partial charge on any atom is 0.337 e. The van der Waals surface area contributed by atoms with Gasteiger partial charge in [-0.25, -0.2) is 4.79 Å². The second kappa shape index (κ2) is 5.50. The number of imide groups is 1. The lowest BCUT2D eigenvalue weighted by Crippen LogP contribution is -2.58. The van der Waals surface area contributed by atoms with E-state index in [4.69, 9.17) is 11.6 Å². The molecule has 2 rings (SSSR count). The maximum atomic E-state index is 11.8. The van der Waals surface area contributed by atoms with Crippen molar-refractivity contribution in [3.63, 3.8) is 0 Å². The highest BCUT2D eigenvalue weighted by molar-refractivity contribution is 6.31. The fourth-order valence-electron chi connectivity index (χ4n) is 2.26. The molecule has 7 heteroatoms. The molecule has 20 heavy (non-hydrogen) atoms. The van der Waals surface area contributed by atoms with Gasteiger partial charge >= 0.3 is 5.97 Å². The monoisotopic (exact) mass is 296 g/mol. The van der Waals surface area contributed by atoms with Crippen LogP contribution in [0.15, 0.2) is 18.2 Å². The number of hydrogen-bond donors (Lipinski definition) is 2. The van der Waals surface area contributed by atoms with Gasteiger partial charge in [-0.05, 0) is 24.6 Å². The first-order valence-corrected chi connectivity index (χ1v) is 6.45.